The second kappa shape index (κ2) is 6.88. The Bertz CT molecular complexity index is 1140. The van der Waals surface area contributed by atoms with E-state index in [4.69, 9.17) is 16.7 Å². The van der Waals surface area contributed by atoms with Crippen LogP contribution in [0.2, 0.25) is 5.02 Å². The molecule has 1 aromatic heterocycles. The van der Waals surface area contributed by atoms with Gasteiger partial charge in [-0.05, 0) is 35.7 Å². The van der Waals surface area contributed by atoms with Gasteiger partial charge in [0.05, 0.1) is 17.9 Å². The molecule has 1 fully saturated rings. The van der Waals surface area contributed by atoms with Crippen LogP contribution in [-0.2, 0) is 16.8 Å². The molecule has 3 aromatic rings. The van der Waals surface area contributed by atoms with Gasteiger partial charge in [0.15, 0.2) is 0 Å². The van der Waals surface area contributed by atoms with Crippen molar-refractivity contribution in [1.29, 1.82) is 0 Å². The van der Waals surface area contributed by atoms with Crippen molar-refractivity contribution in [2.45, 2.75) is 24.3 Å². The van der Waals surface area contributed by atoms with E-state index < -0.39 is 11.6 Å². The maximum Gasteiger partial charge on any atom is 0.512 e. The van der Waals surface area contributed by atoms with Gasteiger partial charge in [-0.2, -0.15) is 0 Å². The van der Waals surface area contributed by atoms with Gasteiger partial charge >= 0.3 is 6.16 Å². The number of carboxylic acid groups (broad SMARTS) is 1. The van der Waals surface area contributed by atoms with E-state index >= 15 is 0 Å². The van der Waals surface area contributed by atoms with Crippen LogP contribution in [0.25, 0.3) is 0 Å². The lowest BCUT2D eigenvalue weighted by Gasteiger charge is -2.18. The molecule has 0 unspecified atom stereocenters. The monoisotopic (exact) mass is 423 g/mol. The van der Waals surface area contributed by atoms with Crippen LogP contribution in [0, 0.1) is 0 Å². The molecule has 2 atom stereocenters. The second-order valence-electron chi connectivity index (χ2n) is 7.57. The molecule has 0 radical (unpaired) electrons. The Morgan fingerprint density at radius 2 is 1.97 bits per heavy atom. The Balaban J connectivity index is 1.38. The Kier molecular flexibility index (Phi) is 4.29. The Labute approximate surface area is 177 Å². The average Bonchev–Trinajstić information content (AvgIpc) is 3.25. The summed E-state index contributed by atoms with van der Waals surface area (Å²) < 4.78 is 6.26. The smallest absolute Gasteiger partial charge is 0.449 e. The number of imidazole rings is 1. The van der Waals surface area contributed by atoms with Crippen molar-refractivity contribution in [3.63, 3.8) is 0 Å². The molecule has 2 heterocycles. The molecule has 0 bridgehead atoms. The topological polar surface area (TPSA) is 84.7 Å². The molecule has 1 spiro atoms. The molecular weight excluding hydrogens is 406 g/mol. The fourth-order valence-corrected chi connectivity index (χ4v) is 4.61. The van der Waals surface area contributed by atoms with Crippen molar-refractivity contribution < 1.29 is 19.4 Å². The molecule has 2 aliphatic rings. The number of hydrogen-bond acceptors (Lipinski definition) is 4. The third-order valence-electron chi connectivity index (χ3n) is 5.92. The number of ether oxygens (including phenoxy) is 1. The summed E-state index contributed by atoms with van der Waals surface area (Å²) in [5.74, 6) is 0.250. The number of halogens is 1. The zero-order chi connectivity index (χ0) is 20.9. The molecule has 1 aliphatic heterocycles. The van der Waals surface area contributed by atoms with E-state index in [0.717, 1.165) is 23.2 Å². The van der Waals surface area contributed by atoms with E-state index in [9.17, 15) is 9.59 Å². The van der Waals surface area contributed by atoms with Crippen molar-refractivity contribution in [2.75, 3.05) is 11.4 Å². The van der Waals surface area contributed by atoms with Crippen molar-refractivity contribution in [3.05, 3.63) is 77.2 Å². The number of carbonyl (C=O) groups is 2. The molecule has 1 amide bonds. The fourth-order valence-electron chi connectivity index (χ4n) is 4.49. The van der Waals surface area contributed by atoms with E-state index in [1.54, 1.807) is 4.57 Å². The molecule has 8 heteroatoms. The van der Waals surface area contributed by atoms with Crippen LogP contribution >= 0.6 is 11.6 Å². The molecule has 7 nitrogen and oxygen atoms in total. The largest absolute Gasteiger partial charge is 0.512 e. The number of hydrogen-bond donors (Lipinski definition) is 1. The highest BCUT2D eigenvalue weighted by atomic mass is 35.5. The van der Waals surface area contributed by atoms with Crippen molar-refractivity contribution in [2.24, 2.45) is 0 Å². The summed E-state index contributed by atoms with van der Waals surface area (Å²) in [5, 5.41) is 9.37. The summed E-state index contributed by atoms with van der Waals surface area (Å²) >= 11 is 6.03. The highest BCUT2D eigenvalue weighted by Crippen LogP contribution is 2.66. The molecule has 1 aliphatic carbocycles. The number of rotatable bonds is 5. The van der Waals surface area contributed by atoms with Gasteiger partial charge in [0.25, 0.3) is 0 Å². The highest BCUT2D eigenvalue weighted by Gasteiger charge is 2.66. The number of nitrogens with zero attached hydrogens (tertiary/aromatic N) is 3. The third-order valence-corrected chi connectivity index (χ3v) is 6.17. The first-order valence-electron chi connectivity index (χ1n) is 9.58. The summed E-state index contributed by atoms with van der Waals surface area (Å²) in [4.78, 5) is 29.9. The van der Waals surface area contributed by atoms with Crippen LogP contribution in [0.5, 0.6) is 5.88 Å². The number of fused-ring (bicyclic) bond motifs is 2. The third kappa shape index (κ3) is 2.93. The predicted molar refractivity (Wildman–Crippen MR) is 110 cm³/mol. The van der Waals surface area contributed by atoms with Gasteiger partial charge in [-0.25, -0.2) is 9.78 Å². The van der Waals surface area contributed by atoms with E-state index in [1.807, 2.05) is 53.4 Å². The maximum atomic E-state index is 13.5. The standard InChI is InChI=1S/C22H18ClN3O4/c23-15-7-5-14(6-8-15)17-11-22(17)16-3-1-2-4-18(16)26(20(22)27)10-9-25-12-19(24-13-25)30-21(28)29/h1-8,12-13,17H,9-11H2,(H,28,29)/t17-,22+/m0/s1. The first-order chi connectivity index (χ1) is 14.5. The van der Waals surface area contributed by atoms with Crippen molar-refractivity contribution in [1.82, 2.24) is 9.55 Å². The van der Waals surface area contributed by atoms with Gasteiger partial charge in [0, 0.05) is 29.7 Å². The molecule has 5 rings (SSSR count). The molecule has 1 N–H and O–H groups in total. The first kappa shape index (κ1) is 18.7. The molecule has 2 aromatic carbocycles. The van der Waals surface area contributed by atoms with Crippen molar-refractivity contribution in [3.8, 4) is 5.88 Å². The lowest BCUT2D eigenvalue weighted by Crippen LogP contribution is -2.35. The zero-order valence-corrected chi connectivity index (χ0v) is 16.6. The van der Waals surface area contributed by atoms with Crippen LogP contribution in [-0.4, -0.2) is 33.3 Å². The first-order valence-corrected chi connectivity index (χ1v) is 9.96. The minimum atomic E-state index is -1.41. The quantitative estimate of drug-likeness (QED) is 0.625. The fraction of sp³-hybridized carbons (Fsp3) is 0.227. The summed E-state index contributed by atoms with van der Waals surface area (Å²) in [5.41, 5.74) is 2.60. The van der Waals surface area contributed by atoms with Crippen molar-refractivity contribution >= 4 is 29.4 Å². The Morgan fingerprint density at radius 1 is 1.20 bits per heavy atom. The lowest BCUT2D eigenvalue weighted by molar-refractivity contribution is -0.120. The molecule has 152 valence electrons. The van der Waals surface area contributed by atoms with Crippen LogP contribution in [0.3, 0.4) is 0 Å². The number of para-hydroxylation sites is 1. The second-order valence-corrected chi connectivity index (χ2v) is 8.01. The van der Waals surface area contributed by atoms with Gasteiger partial charge in [0.1, 0.15) is 0 Å². The van der Waals surface area contributed by atoms with E-state index in [-0.39, 0.29) is 17.7 Å². The zero-order valence-electron chi connectivity index (χ0n) is 15.9. The summed E-state index contributed by atoms with van der Waals surface area (Å²) in [6.07, 6.45) is 2.37. The van der Waals surface area contributed by atoms with Gasteiger partial charge < -0.3 is 19.3 Å². The van der Waals surface area contributed by atoms with Gasteiger partial charge in [-0.3, -0.25) is 4.79 Å². The number of amides is 1. The maximum absolute atomic E-state index is 13.5. The molecular formula is C22H18ClN3O4. The molecule has 0 saturated heterocycles. The van der Waals surface area contributed by atoms with Gasteiger partial charge in [-0.1, -0.05) is 41.9 Å². The summed E-state index contributed by atoms with van der Waals surface area (Å²) in [6, 6.07) is 15.6. The van der Waals surface area contributed by atoms with E-state index in [0.29, 0.717) is 18.1 Å². The SMILES string of the molecule is O=C(O)Oc1cn(CCN2C(=O)[C@]3(C[C@H]3c3ccc(Cl)cc3)c3ccccc32)cn1. The highest BCUT2D eigenvalue weighted by molar-refractivity contribution is 6.30. The van der Waals surface area contributed by atoms with Crippen LogP contribution in [0.1, 0.15) is 23.5 Å². The van der Waals surface area contributed by atoms with Gasteiger partial charge in [-0.15, -0.1) is 0 Å². The summed E-state index contributed by atoms with van der Waals surface area (Å²) in [7, 11) is 0. The molecule has 1 saturated carbocycles. The normalized spacial score (nSPS) is 21.7. The van der Waals surface area contributed by atoms with Gasteiger partial charge in [0.2, 0.25) is 11.8 Å². The molecule has 30 heavy (non-hydrogen) atoms. The minimum absolute atomic E-state index is 0.0112. The van der Waals surface area contributed by atoms with Crippen LogP contribution < -0.4 is 9.64 Å². The number of anilines is 1. The number of aromatic nitrogens is 2. The van der Waals surface area contributed by atoms with Crippen LogP contribution in [0.15, 0.2) is 61.1 Å². The Morgan fingerprint density at radius 3 is 2.73 bits per heavy atom. The number of benzene rings is 2. The number of carbonyl (C=O) groups excluding carboxylic acids is 1. The van der Waals surface area contributed by atoms with E-state index in [2.05, 4.69) is 9.72 Å². The van der Waals surface area contributed by atoms with E-state index in [1.165, 1.54) is 12.5 Å². The van der Waals surface area contributed by atoms with Crippen LogP contribution in [0.4, 0.5) is 10.5 Å². The predicted octanol–water partition coefficient (Wildman–Crippen LogP) is 4.07. The minimum Gasteiger partial charge on any atom is -0.449 e. The Hall–Kier alpha value is -3.32. The lowest BCUT2D eigenvalue weighted by atomic mass is 9.92. The average molecular weight is 424 g/mol. The summed E-state index contributed by atoms with van der Waals surface area (Å²) in [6.45, 7) is 0.922.